The van der Waals surface area contributed by atoms with Gasteiger partial charge in [-0.05, 0) is 36.4 Å². The van der Waals surface area contributed by atoms with Gasteiger partial charge >= 0.3 is 0 Å². The van der Waals surface area contributed by atoms with Crippen LogP contribution in [0.15, 0.2) is 51.3 Å². The van der Waals surface area contributed by atoms with E-state index >= 15 is 0 Å². The summed E-state index contributed by atoms with van der Waals surface area (Å²) in [7, 11) is -3.56. The quantitative estimate of drug-likeness (QED) is 0.610. The van der Waals surface area contributed by atoms with Crippen molar-refractivity contribution < 1.29 is 22.4 Å². The van der Waals surface area contributed by atoms with Gasteiger partial charge in [0.25, 0.3) is 5.91 Å². The fraction of sp³-hybridized carbons (Fsp3) is 0.222. The zero-order chi connectivity index (χ0) is 19.4. The Labute approximate surface area is 156 Å². The van der Waals surface area contributed by atoms with Gasteiger partial charge in [-0.2, -0.15) is 9.57 Å². The average Bonchev–Trinajstić information content (AvgIpc) is 3.15. The summed E-state index contributed by atoms with van der Waals surface area (Å²) in [5, 5.41) is 8.87. The average molecular weight is 387 g/mol. The van der Waals surface area contributed by atoms with Crippen molar-refractivity contribution in [1.82, 2.24) is 4.31 Å². The molecule has 0 bridgehead atoms. The third kappa shape index (κ3) is 4.09. The number of nitrogens with two attached hydrogens (primary N) is 1. The molecule has 0 unspecified atom stereocenters. The predicted octanol–water partition coefficient (Wildman–Crippen LogP) is 1.36. The van der Waals surface area contributed by atoms with Crippen LogP contribution >= 0.6 is 0 Å². The van der Waals surface area contributed by atoms with E-state index in [0.29, 0.717) is 43.4 Å². The molecule has 1 aliphatic rings. The molecule has 8 nitrogen and oxygen atoms in total. The van der Waals surface area contributed by atoms with Crippen molar-refractivity contribution in [3.05, 3.63) is 47.7 Å². The Kier molecular flexibility index (Phi) is 5.41. The Bertz CT molecular complexity index is 1010. The molecule has 2 N–H and O–H groups in total. The molecule has 1 aliphatic heterocycles. The third-order valence-corrected chi connectivity index (χ3v) is 5.96. The number of primary amides is 1. The number of amides is 1. The van der Waals surface area contributed by atoms with Gasteiger partial charge in [0.2, 0.25) is 10.0 Å². The minimum Gasteiger partial charge on any atom is -0.457 e. The minimum absolute atomic E-state index is 0.195. The smallest absolute Gasteiger partial charge is 0.259 e. The highest BCUT2D eigenvalue weighted by Crippen LogP contribution is 2.26. The Hall–Kier alpha value is -2.93. The van der Waals surface area contributed by atoms with E-state index in [1.165, 1.54) is 22.5 Å². The van der Waals surface area contributed by atoms with Crippen molar-refractivity contribution in [3.8, 4) is 17.4 Å². The van der Waals surface area contributed by atoms with E-state index in [2.05, 4.69) is 0 Å². The molecule has 0 spiro atoms. The first kappa shape index (κ1) is 18.8. The summed E-state index contributed by atoms with van der Waals surface area (Å²) in [5.41, 5.74) is 5.53. The molecule has 1 aromatic heterocycles. The summed E-state index contributed by atoms with van der Waals surface area (Å²) in [6.07, 6.45) is 1.25. The van der Waals surface area contributed by atoms with Crippen LogP contribution in [0, 0.1) is 11.3 Å². The number of carbonyl (C=O) groups excluding carboxylic acids is 1. The van der Waals surface area contributed by atoms with E-state index in [1.807, 2.05) is 0 Å². The van der Waals surface area contributed by atoms with E-state index in [-0.39, 0.29) is 10.5 Å². The van der Waals surface area contributed by atoms with Crippen LogP contribution in [0.5, 0.6) is 0 Å². The largest absolute Gasteiger partial charge is 0.457 e. The van der Waals surface area contributed by atoms with Crippen LogP contribution in [-0.2, 0) is 19.6 Å². The maximum absolute atomic E-state index is 12.6. The zero-order valence-corrected chi connectivity index (χ0v) is 15.1. The maximum Gasteiger partial charge on any atom is 0.259 e. The van der Waals surface area contributed by atoms with Crippen LogP contribution in [0.4, 0.5) is 0 Å². The van der Waals surface area contributed by atoms with Crippen molar-refractivity contribution in [1.29, 1.82) is 5.26 Å². The number of morpholine rings is 1. The number of sulfonamides is 1. The molecule has 9 heteroatoms. The fourth-order valence-corrected chi connectivity index (χ4v) is 4.02. The lowest BCUT2D eigenvalue weighted by Gasteiger charge is -2.26. The predicted molar refractivity (Wildman–Crippen MR) is 96.5 cm³/mol. The van der Waals surface area contributed by atoms with Crippen LogP contribution < -0.4 is 5.73 Å². The molecular weight excluding hydrogens is 370 g/mol. The highest BCUT2D eigenvalue weighted by Gasteiger charge is 2.26. The third-order valence-electron chi connectivity index (χ3n) is 4.05. The molecule has 0 atom stereocenters. The van der Waals surface area contributed by atoms with E-state index < -0.39 is 15.9 Å². The van der Waals surface area contributed by atoms with Gasteiger partial charge in [-0.15, -0.1) is 0 Å². The molecule has 0 radical (unpaired) electrons. The second-order valence-corrected chi connectivity index (χ2v) is 7.71. The van der Waals surface area contributed by atoms with Crippen LogP contribution in [0.3, 0.4) is 0 Å². The summed E-state index contributed by atoms with van der Waals surface area (Å²) < 4.78 is 37.4. The van der Waals surface area contributed by atoms with Crippen LogP contribution in [0.2, 0.25) is 0 Å². The van der Waals surface area contributed by atoms with Crippen molar-refractivity contribution in [2.75, 3.05) is 26.3 Å². The van der Waals surface area contributed by atoms with Crippen molar-refractivity contribution >= 4 is 22.0 Å². The van der Waals surface area contributed by atoms with E-state index in [1.54, 1.807) is 30.3 Å². The van der Waals surface area contributed by atoms with Gasteiger partial charge in [-0.3, -0.25) is 4.79 Å². The van der Waals surface area contributed by atoms with E-state index in [9.17, 15) is 13.2 Å². The number of furan rings is 1. The van der Waals surface area contributed by atoms with E-state index in [0.717, 1.165) is 0 Å². The minimum atomic E-state index is -3.56. The molecule has 0 aliphatic carbocycles. The molecule has 3 rings (SSSR count). The molecule has 27 heavy (non-hydrogen) atoms. The molecule has 1 fully saturated rings. The molecule has 1 aromatic carbocycles. The Balaban J connectivity index is 1.82. The number of carbonyl (C=O) groups is 1. The molecular formula is C18H17N3O5S. The first-order valence-corrected chi connectivity index (χ1v) is 9.55. The number of hydrogen-bond acceptors (Lipinski definition) is 6. The summed E-state index contributed by atoms with van der Waals surface area (Å²) in [6.45, 7) is 1.43. The van der Waals surface area contributed by atoms with Crippen molar-refractivity contribution in [3.63, 3.8) is 0 Å². The van der Waals surface area contributed by atoms with E-state index in [4.69, 9.17) is 20.1 Å². The highest BCUT2D eigenvalue weighted by molar-refractivity contribution is 7.89. The second-order valence-electron chi connectivity index (χ2n) is 5.78. The molecule has 1 saturated heterocycles. The first-order chi connectivity index (χ1) is 12.9. The zero-order valence-electron chi connectivity index (χ0n) is 14.3. The Morgan fingerprint density at radius 2 is 1.81 bits per heavy atom. The lowest BCUT2D eigenvalue weighted by atomic mass is 10.2. The van der Waals surface area contributed by atoms with Crippen molar-refractivity contribution in [2.24, 2.45) is 5.73 Å². The number of hydrogen-bond donors (Lipinski definition) is 1. The van der Waals surface area contributed by atoms with Gasteiger partial charge in [0.15, 0.2) is 0 Å². The highest BCUT2D eigenvalue weighted by atomic mass is 32.2. The summed E-state index contributed by atoms with van der Waals surface area (Å²) in [4.78, 5) is 11.3. The van der Waals surface area contributed by atoms with Crippen LogP contribution in [0.1, 0.15) is 5.76 Å². The fourth-order valence-electron chi connectivity index (χ4n) is 2.61. The van der Waals surface area contributed by atoms with Crippen LogP contribution in [0.25, 0.3) is 17.4 Å². The monoisotopic (exact) mass is 387 g/mol. The first-order valence-electron chi connectivity index (χ1n) is 8.11. The SMILES string of the molecule is N#C/C(=C\c1ccc(-c2ccc(S(=O)(=O)N3CCOCC3)cc2)o1)C(N)=O. The number of benzene rings is 1. The number of nitriles is 1. The topological polar surface area (TPSA) is 127 Å². The summed E-state index contributed by atoms with van der Waals surface area (Å²) in [6, 6.07) is 11.3. The maximum atomic E-state index is 12.6. The van der Waals surface area contributed by atoms with Gasteiger partial charge < -0.3 is 14.9 Å². The number of nitrogens with zero attached hydrogens (tertiary/aromatic N) is 2. The molecule has 2 aromatic rings. The lowest BCUT2D eigenvalue weighted by Crippen LogP contribution is -2.40. The number of rotatable bonds is 5. The lowest BCUT2D eigenvalue weighted by molar-refractivity contribution is -0.114. The number of ether oxygens (including phenoxy) is 1. The van der Waals surface area contributed by atoms with Crippen molar-refractivity contribution in [2.45, 2.75) is 4.90 Å². The normalized spacial score (nSPS) is 16.0. The standard InChI is InChI=1S/C18H17N3O5S/c19-12-14(18(20)22)11-15-3-6-17(26-15)13-1-4-16(5-2-13)27(23,24)21-7-9-25-10-8-21/h1-6,11H,7-10H2,(H2,20,22)/b14-11+. The molecule has 2 heterocycles. The van der Waals surface area contributed by atoms with Gasteiger partial charge in [0, 0.05) is 24.7 Å². The van der Waals surface area contributed by atoms with Gasteiger partial charge in [0.1, 0.15) is 23.2 Å². The summed E-state index contributed by atoms with van der Waals surface area (Å²) >= 11 is 0. The summed E-state index contributed by atoms with van der Waals surface area (Å²) in [5.74, 6) is -0.0724. The molecule has 1 amide bonds. The van der Waals surface area contributed by atoms with Gasteiger partial charge in [-0.25, -0.2) is 8.42 Å². The van der Waals surface area contributed by atoms with Gasteiger partial charge in [0.05, 0.1) is 18.1 Å². The Morgan fingerprint density at radius 1 is 1.15 bits per heavy atom. The van der Waals surface area contributed by atoms with Gasteiger partial charge in [-0.1, -0.05) is 0 Å². The van der Waals surface area contributed by atoms with Crippen LogP contribution in [-0.4, -0.2) is 44.9 Å². The molecule has 0 saturated carbocycles. The molecule has 140 valence electrons. The second kappa shape index (κ2) is 7.75. The Morgan fingerprint density at radius 3 is 2.41 bits per heavy atom.